The summed E-state index contributed by atoms with van der Waals surface area (Å²) in [5.74, 6) is 0.807. The summed E-state index contributed by atoms with van der Waals surface area (Å²) in [4.78, 5) is 0. The maximum atomic E-state index is 4.24. The molecule has 0 fully saturated rings. The lowest BCUT2D eigenvalue weighted by atomic mass is 10.1. The Labute approximate surface area is 111 Å². The molecule has 0 unspecified atom stereocenters. The first-order chi connectivity index (χ1) is 9.25. The van der Waals surface area contributed by atoms with Crippen LogP contribution in [0.3, 0.4) is 0 Å². The summed E-state index contributed by atoms with van der Waals surface area (Å²) >= 11 is 0. The topological polar surface area (TPSA) is 66.5 Å². The molecule has 2 heterocycles. The van der Waals surface area contributed by atoms with E-state index in [1.165, 1.54) is 0 Å². The standard InChI is InChI=1S/C14H15N5/c1-9-11(8-16-17-9)7-15-14-13-6-4-3-5-12(13)10(2)18-19-14/h3-6,8H,7H2,1-2H3,(H,15,19)(H,16,17). The van der Waals surface area contributed by atoms with Crippen molar-refractivity contribution in [3.63, 3.8) is 0 Å². The van der Waals surface area contributed by atoms with Crippen molar-refractivity contribution in [2.45, 2.75) is 20.4 Å². The zero-order valence-electron chi connectivity index (χ0n) is 10.9. The first kappa shape index (κ1) is 11.6. The molecule has 1 aromatic carbocycles. The van der Waals surface area contributed by atoms with Gasteiger partial charge in [0.15, 0.2) is 5.82 Å². The maximum Gasteiger partial charge on any atom is 0.156 e. The highest BCUT2D eigenvalue weighted by Gasteiger charge is 2.07. The quantitative estimate of drug-likeness (QED) is 0.753. The number of aromatic nitrogens is 4. The summed E-state index contributed by atoms with van der Waals surface area (Å²) in [7, 11) is 0. The van der Waals surface area contributed by atoms with Gasteiger partial charge in [0.1, 0.15) is 0 Å². The molecule has 5 nitrogen and oxygen atoms in total. The van der Waals surface area contributed by atoms with Gasteiger partial charge in [0, 0.05) is 28.6 Å². The first-order valence-corrected chi connectivity index (χ1v) is 6.20. The van der Waals surface area contributed by atoms with E-state index in [-0.39, 0.29) is 0 Å². The van der Waals surface area contributed by atoms with Crippen molar-refractivity contribution >= 4 is 16.6 Å². The molecule has 0 atom stereocenters. The molecule has 0 spiro atoms. The third-order valence-corrected chi connectivity index (χ3v) is 3.25. The summed E-state index contributed by atoms with van der Waals surface area (Å²) in [6.45, 7) is 4.66. The van der Waals surface area contributed by atoms with Gasteiger partial charge in [0.25, 0.3) is 0 Å². The molecule has 0 amide bonds. The number of hydrogen-bond acceptors (Lipinski definition) is 4. The van der Waals surface area contributed by atoms with Crippen LogP contribution in [0.15, 0.2) is 30.5 Å². The lowest BCUT2D eigenvalue weighted by Gasteiger charge is -2.08. The summed E-state index contributed by atoms with van der Waals surface area (Å²) < 4.78 is 0. The van der Waals surface area contributed by atoms with Crippen molar-refractivity contribution in [2.24, 2.45) is 0 Å². The molecule has 0 aliphatic carbocycles. The third-order valence-electron chi connectivity index (χ3n) is 3.25. The van der Waals surface area contributed by atoms with E-state index in [1.54, 1.807) is 0 Å². The van der Waals surface area contributed by atoms with E-state index in [1.807, 2.05) is 32.2 Å². The van der Waals surface area contributed by atoms with E-state index in [9.17, 15) is 0 Å². The van der Waals surface area contributed by atoms with E-state index >= 15 is 0 Å². The molecule has 96 valence electrons. The highest BCUT2D eigenvalue weighted by Crippen LogP contribution is 2.22. The number of nitrogens with one attached hydrogen (secondary N) is 2. The maximum absolute atomic E-state index is 4.24. The average Bonchev–Trinajstić information content (AvgIpc) is 2.84. The van der Waals surface area contributed by atoms with Crippen molar-refractivity contribution in [2.75, 3.05) is 5.32 Å². The van der Waals surface area contributed by atoms with Crippen molar-refractivity contribution in [1.29, 1.82) is 0 Å². The van der Waals surface area contributed by atoms with Crippen LogP contribution in [0.5, 0.6) is 0 Å². The Morgan fingerprint density at radius 2 is 1.89 bits per heavy atom. The predicted octanol–water partition coefficient (Wildman–Crippen LogP) is 2.58. The first-order valence-electron chi connectivity index (χ1n) is 6.20. The molecule has 2 N–H and O–H groups in total. The second-order valence-electron chi connectivity index (χ2n) is 4.55. The van der Waals surface area contributed by atoms with Crippen LogP contribution in [-0.2, 0) is 6.54 Å². The van der Waals surface area contributed by atoms with Gasteiger partial charge in [-0.1, -0.05) is 24.3 Å². The fourth-order valence-corrected chi connectivity index (χ4v) is 2.10. The molecule has 3 rings (SSSR count). The molecule has 0 saturated carbocycles. The fraction of sp³-hybridized carbons (Fsp3) is 0.214. The summed E-state index contributed by atoms with van der Waals surface area (Å²) in [6, 6.07) is 8.15. The van der Waals surface area contributed by atoms with Crippen LogP contribution in [0.1, 0.15) is 17.0 Å². The van der Waals surface area contributed by atoms with Crippen molar-refractivity contribution in [3.8, 4) is 0 Å². The average molecular weight is 253 g/mol. The van der Waals surface area contributed by atoms with Crippen LogP contribution < -0.4 is 5.32 Å². The third kappa shape index (κ3) is 2.14. The Morgan fingerprint density at radius 1 is 1.11 bits per heavy atom. The molecule has 19 heavy (non-hydrogen) atoms. The molecular formula is C14H15N5. The van der Waals surface area contributed by atoms with Crippen LogP contribution >= 0.6 is 0 Å². The highest BCUT2D eigenvalue weighted by atomic mass is 15.2. The smallest absolute Gasteiger partial charge is 0.156 e. The molecule has 0 radical (unpaired) electrons. The van der Waals surface area contributed by atoms with Crippen LogP contribution in [0.2, 0.25) is 0 Å². The monoisotopic (exact) mass is 253 g/mol. The molecule has 2 aromatic heterocycles. The molecule has 0 bridgehead atoms. The number of hydrogen-bond donors (Lipinski definition) is 2. The van der Waals surface area contributed by atoms with Gasteiger partial charge >= 0.3 is 0 Å². The second kappa shape index (κ2) is 4.68. The number of fused-ring (bicyclic) bond motifs is 1. The number of nitrogens with zero attached hydrogens (tertiary/aromatic N) is 3. The summed E-state index contributed by atoms with van der Waals surface area (Å²) in [5.41, 5.74) is 3.14. The minimum atomic E-state index is 0.685. The second-order valence-corrected chi connectivity index (χ2v) is 4.55. The van der Waals surface area contributed by atoms with E-state index < -0.39 is 0 Å². The minimum absolute atomic E-state index is 0.685. The Bertz CT molecular complexity index is 717. The number of benzene rings is 1. The molecule has 0 aliphatic rings. The van der Waals surface area contributed by atoms with Crippen molar-refractivity contribution in [3.05, 3.63) is 47.4 Å². The number of aromatic amines is 1. The van der Waals surface area contributed by atoms with Crippen LogP contribution in [0.25, 0.3) is 10.8 Å². The van der Waals surface area contributed by atoms with Crippen molar-refractivity contribution in [1.82, 2.24) is 20.4 Å². The van der Waals surface area contributed by atoms with Gasteiger partial charge in [0.2, 0.25) is 0 Å². The molecular weight excluding hydrogens is 238 g/mol. The fourth-order valence-electron chi connectivity index (χ4n) is 2.10. The van der Waals surface area contributed by atoms with Gasteiger partial charge in [-0.25, -0.2) is 0 Å². The highest BCUT2D eigenvalue weighted by molar-refractivity contribution is 5.92. The molecule has 0 saturated heterocycles. The molecule has 3 aromatic rings. The predicted molar refractivity (Wildman–Crippen MR) is 74.9 cm³/mol. The Hall–Kier alpha value is -2.43. The van der Waals surface area contributed by atoms with E-state index in [0.29, 0.717) is 6.54 Å². The zero-order chi connectivity index (χ0) is 13.2. The van der Waals surface area contributed by atoms with E-state index in [0.717, 1.165) is 33.5 Å². The Balaban J connectivity index is 1.93. The van der Waals surface area contributed by atoms with Gasteiger partial charge in [-0.2, -0.15) is 10.2 Å². The van der Waals surface area contributed by atoms with E-state index in [2.05, 4.69) is 37.8 Å². The number of H-pyrrole nitrogens is 1. The van der Waals surface area contributed by atoms with Gasteiger partial charge < -0.3 is 5.32 Å². The largest absolute Gasteiger partial charge is 0.364 e. The van der Waals surface area contributed by atoms with Gasteiger partial charge in [-0.3, -0.25) is 5.10 Å². The van der Waals surface area contributed by atoms with Crippen LogP contribution in [-0.4, -0.2) is 20.4 Å². The SMILES string of the molecule is Cc1[nH]ncc1CNc1nnc(C)c2ccccc12. The van der Waals surface area contributed by atoms with Gasteiger partial charge in [-0.05, 0) is 13.8 Å². The lowest BCUT2D eigenvalue weighted by molar-refractivity contribution is 0.979. The van der Waals surface area contributed by atoms with Gasteiger partial charge in [0.05, 0.1) is 11.9 Å². The zero-order valence-corrected chi connectivity index (χ0v) is 10.9. The Kier molecular flexibility index (Phi) is 2.87. The van der Waals surface area contributed by atoms with E-state index in [4.69, 9.17) is 0 Å². The lowest BCUT2D eigenvalue weighted by Crippen LogP contribution is -2.04. The number of anilines is 1. The molecule has 5 heteroatoms. The summed E-state index contributed by atoms with van der Waals surface area (Å²) in [6.07, 6.45) is 1.83. The van der Waals surface area contributed by atoms with Crippen LogP contribution in [0.4, 0.5) is 5.82 Å². The number of rotatable bonds is 3. The van der Waals surface area contributed by atoms with Gasteiger partial charge in [-0.15, -0.1) is 5.10 Å². The van der Waals surface area contributed by atoms with Crippen LogP contribution in [0, 0.1) is 13.8 Å². The normalized spacial score (nSPS) is 10.8. The number of aryl methyl sites for hydroxylation is 2. The summed E-state index contributed by atoms with van der Waals surface area (Å²) in [5, 5.41) is 20.9. The minimum Gasteiger partial charge on any atom is -0.364 e. The Morgan fingerprint density at radius 3 is 2.63 bits per heavy atom. The van der Waals surface area contributed by atoms with Crippen molar-refractivity contribution < 1.29 is 0 Å². The molecule has 0 aliphatic heterocycles.